The minimum absolute atomic E-state index is 0.0591. The number of hydrogen-bond acceptors (Lipinski definition) is 12. The largest absolute Gasteiger partial charge is 0.492 e. The number of ether oxygens (including phenoxy) is 1. The quantitative estimate of drug-likeness (QED) is 0.0856. The number of nitriles is 1. The number of anilines is 2. The standard InChI is InChI=1S/C53H59F2N11O6/c1-3-72-40-28-42(49-37(29-56)31-58-66(49)33-40)35-9-15-46(57-30-35)64-20-17-53(18-21-64,60-50(69)43-27-38(54)10-13-44(43)55)34-61(2)48(68)8-6-4-5-7-19-62-22-24-63(25-23-62)39-11-12-41-36(26-39)32-65(52(41)71)45-14-16-47(67)59-51(45)70/h9-13,15,26-28,30-31,33,45H,3-8,14,16-25,32,34H2,1-2H3,(H,60,69)(H,59,67,70). The van der Waals surface area contributed by atoms with E-state index in [0.717, 1.165) is 92.6 Å². The summed E-state index contributed by atoms with van der Waals surface area (Å²) in [6, 6.07) is 15.9. The fraction of sp³-hybridized carbons (Fsp3) is 0.434. The lowest BCUT2D eigenvalue weighted by Gasteiger charge is -2.44. The number of benzene rings is 2. The van der Waals surface area contributed by atoms with Gasteiger partial charge in [-0.05, 0) is 106 Å². The predicted octanol–water partition coefficient (Wildman–Crippen LogP) is 5.71. The van der Waals surface area contributed by atoms with Gasteiger partial charge in [-0.3, -0.25) is 34.2 Å². The summed E-state index contributed by atoms with van der Waals surface area (Å²) < 4.78 is 36.5. The zero-order valence-electron chi connectivity index (χ0n) is 40.7. The molecular weight excluding hydrogens is 925 g/mol. The molecule has 4 aliphatic heterocycles. The molecule has 9 rings (SSSR count). The highest BCUT2D eigenvalue weighted by atomic mass is 19.1. The first kappa shape index (κ1) is 49.5. The Balaban J connectivity index is 0.748. The van der Waals surface area contributed by atoms with Crippen molar-refractivity contribution in [2.24, 2.45) is 0 Å². The van der Waals surface area contributed by atoms with Crippen molar-refractivity contribution >= 4 is 46.6 Å². The smallest absolute Gasteiger partial charge is 0.255 e. The molecule has 72 heavy (non-hydrogen) atoms. The lowest BCUT2D eigenvalue weighted by Crippen LogP contribution is -2.61. The number of aromatic nitrogens is 3. The molecule has 3 saturated heterocycles. The van der Waals surface area contributed by atoms with Crippen molar-refractivity contribution in [3.63, 3.8) is 0 Å². The fourth-order valence-corrected chi connectivity index (χ4v) is 10.5. The third kappa shape index (κ3) is 10.7. The number of unbranched alkanes of at least 4 members (excludes halogenated alkanes) is 3. The Morgan fingerprint density at radius 2 is 1.72 bits per heavy atom. The second kappa shape index (κ2) is 21.5. The summed E-state index contributed by atoms with van der Waals surface area (Å²) in [5.41, 5.74) is 3.81. The number of amides is 5. The van der Waals surface area contributed by atoms with E-state index in [1.54, 1.807) is 33.8 Å². The lowest BCUT2D eigenvalue weighted by molar-refractivity contribution is -0.137. The Labute approximate surface area is 416 Å². The van der Waals surface area contributed by atoms with E-state index in [1.165, 1.54) is 6.20 Å². The van der Waals surface area contributed by atoms with Crippen LogP contribution < -0.4 is 25.2 Å². The first-order valence-corrected chi connectivity index (χ1v) is 24.8. The lowest BCUT2D eigenvalue weighted by atomic mass is 9.86. The second-order valence-electron chi connectivity index (χ2n) is 19.2. The molecule has 2 N–H and O–H groups in total. The van der Waals surface area contributed by atoms with Crippen LogP contribution in [0.2, 0.25) is 0 Å². The SMILES string of the molecule is CCOc1cc(-c2ccc(N3CCC(CN(C)C(=O)CCCCCCN4CCN(c5ccc6c(c5)CN(C5CCC(=O)NC5=O)C6=O)CC4)(NC(=O)c4cc(F)ccc4F)CC3)nc2)c2c(C#N)cnn2c1. The minimum Gasteiger partial charge on any atom is -0.492 e. The summed E-state index contributed by atoms with van der Waals surface area (Å²) in [6.07, 6.45) is 10.3. The van der Waals surface area contributed by atoms with E-state index >= 15 is 0 Å². The molecule has 376 valence electrons. The predicted molar refractivity (Wildman–Crippen MR) is 264 cm³/mol. The van der Waals surface area contributed by atoms with Gasteiger partial charge in [0.15, 0.2) is 0 Å². The average molecular weight is 984 g/mol. The number of likely N-dealkylation sites (N-methyl/N-ethyl adjacent to an activating group) is 1. The van der Waals surface area contributed by atoms with Gasteiger partial charge in [-0.25, -0.2) is 18.3 Å². The van der Waals surface area contributed by atoms with Gasteiger partial charge in [0.1, 0.15) is 35.3 Å². The van der Waals surface area contributed by atoms with Crippen LogP contribution in [-0.2, 0) is 20.9 Å². The van der Waals surface area contributed by atoms with Gasteiger partial charge < -0.3 is 29.7 Å². The van der Waals surface area contributed by atoms with Crippen LogP contribution in [0, 0.1) is 23.0 Å². The Hall–Kier alpha value is -7.46. The summed E-state index contributed by atoms with van der Waals surface area (Å²) >= 11 is 0. The number of pyridine rings is 2. The molecule has 0 saturated carbocycles. The van der Waals surface area contributed by atoms with Crippen LogP contribution in [0.1, 0.15) is 96.6 Å². The van der Waals surface area contributed by atoms with Crippen LogP contribution in [0.3, 0.4) is 0 Å². The maximum absolute atomic E-state index is 14.9. The summed E-state index contributed by atoms with van der Waals surface area (Å²) in [5, 5.41) is 19.5. The Kier molecular flexibility index (Phi) is 14.8. The zero-order chi connectivity index (χ0) is 50.5. The van der Waals surface area contributed by atoms with Gasteiger partial charge in [0.05, 0.1) is 41.2 Å². The molecule has 5 amide bonds. The van der Waals surface area contributed by atoms with E-state index in [2.05, 4.69) is 42.6 Å². The number of fused-ring (bicyclic) bond motifs is 2. The number of imide groups is 1. The highest BCUT2D eigenvalue weighted by Crippen LogP contribution is 2.34. The van der Waals surface area contributed by atoms with Gasteiger partial charge in [0.25, 0.3) is 11.8 Å². The number of piperazine rings is 1. The first-order chi connectivity index (χ1) is 34.8. The maximum Gasteiger partial charge on any atom is 0.255 e. The Morgan fingerprint density at radius 3 is 2.46 bits per heavy atom. The number of piperidine rings is 2. The van der Waals surface area contributed by atoms with E-state index in [1.807, 2.05) is 37.3 Å². The van der Waals surface area contributed by atoms with Crippen LogP contribution in [-0.4, -0.2) is 136 Å². The van der Waals surface area contributed by atoms with Gasteiger partial charge >= 0.3 is 0 Å². The fourth-order valence-electron chi connectivity index (χ4n) is 10.5. The number of carbonyl (C=O) groups is 5. The average Bonchev–Trinajstić information content (AvgIpc) is 3.95. The van der Waals surface area contributed by atoms with E-state index in [-0.39, 0.29) is 30.7 Å². The normalized spacial score (nSPS) is 18.0. The van der Waals surface area contributed by atoms with Crippen LogP contribution in [0.5, 0.6) is 5.75 Å². The molecule has 0 aliphatic carbocycles. The van der Waals surface area contributed by atoms with Crippen molar-refractivity contribution in [1.29, 1.82) is 5.26 Å². The van der Waals surface area contributed by atoms with Crippen molar-refractivity contribution in [2.75, 3.05) is 75.8 Å². The molecule has 0 spiro atoms. The van der Waals surface area contributed by atoms with Gasteiger partial charge in [0.2, 0.25) is 17.7 Å². The first-order valence-electron chi connectivity index (χ1n) is 24.8. The minimum atomic E-state index is -0.930. The zero-order valence-corrected chi connectivity index (χ0v) is 40.7. The van der Waals surface area contributed by atoms with Crippen LogP contribution in [0.15, 0.2) is 73.2 Å². The Morgan fingerprint density at radius 1 is 0.931 bits per heavy atom. The molecule has 7 heterocycles. The van der Waals surface area contributed by atoms with Gasteiger partial charge in [-0.1, -0.05) is 12.8 Å². The summed E-state index contributed by atoms with van der Waals surface area (Å²) in [5.74, 6) is -1.96. The van der Waals surface area contributed by atoms with Gasteiger partial charge in [-0.15, -0.1) is 0 Å². The topological polar surface area (TPSA) is 189 Å². The Bertz CT molecular complexity index is 2910. The molecule has 2 aromatic carbocycles. The molecule has 0 radical (unpaired) electrons. The molecule has 19 heteroatoms. The number of rotatable bonds is 17. The molecule has 17 nitrogen and oxygen atoms in total. The molecule has 3 aromatic heterocycles. The second-order valence-corrected chi connectivity index (χ2v) is 19.2. The number of halogens is 2. The molecule has 0 bridgehead atoms. The molecule has 3 fully saturated rings. The van der Waals surface area contributed by atoms with Crippen LogP contribution >= 0.6 is 0 Å². The summed E-state index contributed by atoms with van der Waals surface area (Å²) in [7, 11) is 1.72. The number of nitrogens with zero attached hydrogens (tertiary/aromatic N) is 9. The van der Waals surface area contributed by atoms with E-state index in [4.69, 9.17) is 9.72 Å². The van der Waals surface area contributed by atoms with Crippen LogP contribution in [0.4, 0.5) is 20.3 Å². The molecule has 1 unspecified atom stereocenters. The van der Waals surface area contributed by atoms with Crippen molar-refractivity contribution in [2.45, 2.75) is 82.8 Å². The molecular formula is C53H59F2N11O6. The highest BCUT2D eigenvalue weighted by Gasteiger charge is 2.41. The van der Waals surface area contributed by atoms with Crippen molar-refractivity contribution in [3.05, 3.63) is 107 Å². The number of nitrogens with one attached hydrogen (secondary N) is 2. The summed E-state index contributed by atoms with van der Waals surface area (Å²) in [6.45, 7) is 8.25. The highest BCUT2D eigenvalue weighted by molar-refractivity contribution is 6.05. The molecule has 5 aromatic rings. The number of carbonyl (C=O) groups excluding carboxylic acids is 5. The monoisotopic (exact) mass is 983 g/mol. The van der Waals surface area contributed by atoms with E-state index in [9.17, 15) is 38.0 Å². The van der Waals surface area contributed by atoms with Crippen molar-refractivity contribution in [1.82, 2.24) is 39.9 Å². The van der Waals surface area contributed by atoms with Crippen LogP contribution in [0.25, 0.3) is 16.6 Å². The van der Waals surface area contributed by atoms with Gasteiger partial charge in [0, 0.05) is 101 Å². The summed E-state index contributed by atoms with van der Waals surface area (Å²) in [4.78, 5) is 79.4. The third-order valence-corrected chi connectivity index (χ3v) is 14.5. The third-order valence-electron chi connectivity index (χ3n) is 14.5. The van der Waals surface area contributed by atoms with Crippen molar-refractivity contribution in [3.8, 4) is 22.9 Å². The molecule has 4 aliphatic rings. The van der Waals surface area contributed by atoms with E-state index < -0.39 is 40.6 Å². The van der Waals surface area contributed by atoms with E-state index in [0.29, 0.717) is 86.6 Å². The van der Waals surface area contributed by atoms with Crippen molar-refractivity contribution < 1.29 is 37.5 Å². The van der Waals surface area contributed by atoms with Gasteiger partial charge in [-0.2, -0.15) is 10.4 Å². The molecule has 1 atom stereocenters. The maximum atomic E-state index is 14.9. The number of hydrogen-bond donors (Lipinski definition) is 2.